The van der Waals surface area contributed by atoms with Crippen LogP contribution in [-0.4, -0.2) is 29.8 Å². The molecule has 0 aliphatic carbocycles. The minimum Gasteiger partial charge on any atom is -0.497 e. The van der Waals surface area contributed by atoms with Gasteiger partial charge in [0.15, 0.2) is 0 Å². The number of rotatable bonds is 7. The summed E-state index contributed by atoms with van der Waals surface area (Å²) < 4.78 is 5.16. The van der Waals surface area contributed by atoms with Gasteiger partial charge in [0.05, 0.1) is 22.9 Å². The van der Waals surface area contributed by atoms with Crippen LogP contribution >= 0.6 is 11.8 Å². The third-order valence-electron chi connectivity index (χ3n) is 4.44. The number of amides is 1. The van der Waals surface area contributed by atoms with Crippen molar-refractivity contribution in [1.29, 1.82) is 0 Å². The molecule has 2 aromatic carbocycles. The molecule has 3 aromatic rings. The van der Waals surface area contributed by atoms with Gasteiger partial charge in [0.2, 0.25) is 5.91 Å². The molecule has 1 atom stereocenters. The lowest BCUT2D eigenvalue weighted by Crippen LogP contribution is -2.32. The summed E-state index contributed by atoms with van der Waals surface area (Å²) in [4.78, 5) is 17.1. The van der Waals surface area contributed by atoms with Gasteiger partial charge in [-0.05, 0) is 55.7 Å². The van der Waals surface area contributed by atoms with Crippen molar-refractivity contribution in [3.05, 3.63) is 65.7 Å². The summed E-state index contributed by atoms with van der Waals surface area (Å²) in [6.07, 6.45) is 0.792. The number of fused-ring (bicyclic) bond motifs is 1. The fourth-order valence-corrected chi connectivity index (χ4v) is 3.83. The first-order valence-corrected chi connectivity index (χ1v) is 9.88. The van der Waals surface area contributed by atoms with Gasteiger partial charge in [-0.15, -0.1) is 0 Å². The van der Waals surface area contributed by atoms with Gasteiger partial charge in [0.1, 0.15) is 5.75 Å². The molecule has 0 saturated heterocycles. The molecule has 1 heterocycles. The van der Waals surface area contributed by atoms with Gasteiger partial charge in [-0.25, -0.2) is 4.98 Å². The lowest BCUT2D eigenvalue weighted by atomic mass is 10.1. The van der Waals surface area contributed by atoms with Crippen LogP contribution in [0.2, 0.25) is 0 Å². The normalized spacial score (nSPS) is 12.0. The zero-order valence-electron chi connectivity index (χ0n) is 15.9. The van der Waals surface area contributed by atoms with Gasteiger partial charge in [0.25, 0.3) is 0 Å². The van der Waals surface area contributed by atoms with E-state index in [1.165, 1.54) is 22.9 Å². The predicted molar refractivity (Wildman–Crippen MR) is 112 cm³/mol. The van der Waals surface area contributed by atoms with E-state index in [1.807, 2.05) is 55.5 Å². The molecule has 0 bridgehead atoms. The van der Waals surface area contributed by atoms with Crippen molar-refractivity contribution in [3.8, 4) is 5.75 Å². The molecule has 1 N–H and O–H groups in total. The largest absolute Gasteiger partial charge is 0.497 e. The lowest BCUT2D eigenvalue weighted by Gasteiger charge is -2.13. The number of benzene rings is 2. The number of ether oxygens (including phenoxy) is 1. The molecule has 0 aliphatic rings. The number of thioether (sulfide) groups is 1. The summed E-state index contributed by atoms with van der Waals surface area (Å²) in [5, 5.41) is 4.84. The maximum absolute atomic E-state index is 12.4. The van der Waals surface area contributed by atoms with Crippen LogP contribution in [0.4, 0.5) is 0 Å². The molecule has 1 amide bonds. The van der Waals surface area contributed by atoms with E-state index in [9.17, 15) is 4.79 Å². The van der Waals surface area contributed by atoms with Crippen LogP contribution in [0.15, 0.2) is 59.6 Å². The van der Waals surface area contributed by atoms with Crippen molar-refractivity contribution in [2.75, 3.05) is 13.7 Å². The third kappa shape index (κ3) is 5.01. The van der Waals surface area contributed by atoms with E-state index >= 15 is 0 Å². The van der Waals surface area contributed by atoms with Crippen LogP contribution in [0.5, 0.6) is 5.75 Å². The zero-order chi connectivity index (χ0) is 19.2. The number of nitrogens with one attached hydrogen (secondary N) is 1. The van der Waals surface area contributed by atoms with Crippen molar-refractivity contribution in [2.45, 2.75) is 30.5 Å². The summed E-state index contributed by atoms with van der Waals surface area (Å²) in [5.74, 6) is 0.868. The molecular formula is C22H24N2O2S. The molecule has 0 saturated carbocycles. The lowest BCUT2D eigenvalue weighted by molar-refractivity contribution is -0.120. The summed E-state index contributed by atoms with van der Waals surface area (Å²) in [7, 11) is 1.65. The van der Waals surface area contributed by atoms with E-state index in [0.717, 1.165) is 28.1 Å². The maximum atomic E-state index is 12.4. The van der Waals surface area contributed by atoms with Crippen LogP contribution in [0.1, 0.15) is 18.1 Å². The fraction of sp³-hybridized carbons (Fsp3) is 0.273. The van der Waals surface area contributed by atoms with E-state index < -0.39 is 0 Å². The Balaban J connectivity index is 1.54. The molecule has 0 fully saturated rings. The third-order valence-corrected chi connectivity index (χ3v) is 5.46. The average molecular weight is 381 g/mol. The number of hydrogen-bond donors (Lipinski definition) is 1. The van der Waals surface area contributed by atoms with E-state index in [1.54, 1.807) is 7.11 Å². The molecule has 1 aromatic heterocycles. The number of aryl methyl sites for hydroxylation is 1. The van der Waals surface area contributed by atoms with Crippen molar-refractivity contribution in [1.82, 2.24) is 10.3 Å². The van der Waals surface area contributed by atoms with Crippen molar-refractivity contribution in [3.63, 3.8) is 0 Å². The van der Waals surface area contributed by atoms with Crippen molar-refractivity contribution in [2.24, 2.45) is 0 Å². The Morgan fingerprint density at radius 2 is 1.93 bits per heavy atom. The summed E-state index contributed by atoms with van der Waals surface area (Å²) in [6.45, 7) is 4.60. The summed E-state index contributed by atoms with van der Waals surface area (Å²) >= 11 is 1.49. The zero-order valence-corrected chi connectivity index (χ0v) is 16.7. The monoisotopic (exact) mass is 380 g/mol. The highest BCUT2D eigenvalue weighted by Crippen LogP contribution is 2.26. The molecular weight excluding hydrogens is 356 g/mol. The number of pyridine rings is 1. The smallest absolute Gasteiger partial charge is 0.233 e. The Morgan fingerprint density at radius 1 is 1.19 bits per heavy atom. The Morgan fingerprint density at radius 3 is 2.67 bits per heavy atom. The quantitative estimate of drug-likeness (QED) is 0.618. The molecule has 4 nitrogen and oxygen atoms in total. The minimum absolute atomic E-state index is 0.0288. The molecule has 1 unspecified atom stereocenters. The number of aromatic nitrogens is 1. The highest BCUT2D eigenvalue weighted by Gasteiger charge is 2.15. The van der Waals surface area contributed by atoms with Gasteiger partial charge in [-0.2, -0.15) is 0 Å². The SMILES string of the molecule is COc1ccc(CCNC(=O)C(C)Sc2cc(C)c3ccccc3n2)cc1. The van der Waals surface area contributed by atoms with Gasteiger partial charge in [-0.3, -0.25) is 4.79 Å². The van der Waals surface area contributed by atoms with Gasteiger partial charge < -0.3 is 10.1 Å². The fourth-order valence-electron chi connectivity index (χ4n) is 2.88. The summed E-state index contributed by atoms with van der Waals surface area (Å²) in [5.41, 5.74) is 3.31. The second-order valence-corrected chi connectivity index (χ2v) is 7.80. The van der Waals surface area contributed by atoms with Crippen molar-refractivity contribution < 1.29 is 9.53 Å². The first kappa shape index (κ1) is 19.2. The summed E-state index contributed by atoms with van der Waals surface area (Å²) in [6, 6.07) is 18.0. The number of carbonyl (C=O) groups is 1. The van der Waals surface area contributed by atoms with Crippen LogP contribution < -0.4 is 10.1 Å². The predicted octanol–water partition coefficient (Wildman–Crippen LogP) is 4.39. The standard InChI is InChI=1S/C22H24N2O2S/c1-15-14-21(24-20-7-5-4-6-19(15)20)27-16(2)22(25)23-13-12-17-8-10-18(26-3)11-9-17/h4-11,14,16H,12-13H2,1-3H3,(H,23,25). The van der Waals surface area contributed by atoms with Gasteiger partial charge >= 0.3 is 0 Å². The number of para-hydroxylation sites is 1. The Labute approximate surface area is 164 Å². The van der Waals surface area contributed by atoms with E-state index in [4.69, 9.17) is 4.74 Å². The van der Waals surface area contributed by atoms with E-state index in [0.29, 0.717) is 6.54 Å². The maximum Gasteiger partial charge on any atom is 0.233 e. The highest BCUT2D eigenvalue weighted by molar-refractivity contribution is 8.00. The number of nitrogens with zero attached hydrogens (tertiary/aromatic N) is 1. The molecule has 27 heavy (non-hydrogen) atoms. The topological polar surface area (TPSA) is 51.2 Å². The number of carbonyl (C=O) groups excluding carboxylic acids is 1. The second-order valence-electron chi connectivity index (χ2n) is 6.44. The Hall–Kier alpha value is -2.53. The minimum atomic E-state index is -0.200. The van der Waals surface area contributed by atoms with E-state index in [2.05, 4.69) is 23.3 Å². The average Bonchev–Trinajstić information content (AvgIpc) is 2.68. The Bertz CT molecular complexity index is 925. The molecule has 5 heteroatoms. The van der Waals surface area contributed by atoms with Crippen LogP contribution in [0.3, 0.4) is 0 Å². The first-order valence-electron chi connectivity index (χ1n) is 9.00. The number of hydrogen-bond acceptors (Lipinski definition) is 4. The molecule has 140 valence electrons. The second kappa shape index (κ2) is 8.91. The molecule has 0 aliphatic heterocycles. The van der Waals surface area contributed by atoms with Crippen LogP contribution in [0, 0.1) is 6.92 Å². The van der Waals surface area contributed by atoms with Gasteiger partial charge in [0, 0.05) is 11.9 Å². The molecule has 3 rings (SSSR count). The number of methoxy groups -OCH3 is 1. The molecule has 0 spiro atoms. The molecule has 0 radical (unpaired) electrons. The van der Waals surface area contributed by atoms with Crippen molar-refractivity contribution >= 4 is 28.6 Å². The van der Waals surface area contributed by atoms with Crippen LogP contribution in [-0.2, 0) is 11.2 Å². The van der Waals surface area contributed by atoms with E-state index in [-0.39, 0.29) is 11.2 Å². The Kier molecular flexibility index (Phi) is 6.35. The first-order chi connectivity index (χ1) is 13.1. The highest BCUT2D eigenvalue weighted by atomic mass is 32.2. The van der Waals surface area contributed by atoms with Gasteiger partial charge in [-0.1, -0.05) is 42.1 Å². The van der Waals surface area contributed by atoms with Crippen LogP contribution in [0.25, 0.3) is 10.9 Å².